The fourth-order valence-corrected chi connectivity index (χ4v) is 2.67. The van der Waals surface area contributed by atoms with E-state index in [2.05, 4.69) is 5.32 Å². The molecule has 0 unspecified atom stereocenters. The van der Waals surface area contributed by atoms with Gasteiger partial charge in [0.15, 0.2) is 0 Å². The Morgan fingerprint density at radius 1 is 1.00 bits per heavy atom. The van der Waals surface area contributed by atoms with Gasteiger partial charge in [0.25, 0.3) is 5.91 Å². The van der Waals surface area contributed by atoms with Gasteiger partial charge in [-0.3, -0.25) is 9.59 Å². The van der Waals surface area contributed by atoms with E-state index in [1.807, 2.05) is 24.3 Å². The van der Waals surface area contributed by atoms with Gasteiger partial charge in [-0.25, -0.2) is 0 Å². The van der Waals surface area contributed by atoms with Gasteiger partial charge >= 0.3 is 0 Å². The molecule has 0 fully saturated rings. The second kappa shape index (κ2) is 10.2. The van der Waals surface area contributed by atoms with E-state index in [-0.39, 0.29) is 11.7 Å². The van der Waals surface area contributed by atoms with Crippen molar-refractivity contribution in [3.05, 3.63) is 59.7 Å². The van der Waals surface area contributed by atoms with Crippen LogP contribution in [0.25, 0.3) is 0 Å². The molecule has 2 rings (SSSR count). The molecule has 3 N–H and O–H groups in total. The van der Waals surface area contributed by atoms with Gasteiger partial charge in [-0.1, -0.05) is 24.6 Å². The average Bonchev–Trinajstić information content (AvgIpc) is 2.66. The van der Waals surface area contributed by atoms with Crippen molar-refractivity contribution >= 4 is 17.4 Å². The van der Waals surface area contributed by atoms with Crippen LogP contribution in [0.5, 0.6) is 5.75 Å². The number of nitrogens with two attached hydrogens (primary N) is 1. The Morgan fingerprint density at radius 2 is 1.73 bits per heavy atom. The lowest BCUT2D eigenvalue weighted by molar-refractivity contribution is -0.118. The predicted molar refractivity (Wildman–Crippen MR) is 103 cm³/mol. The van der Waals surface area contributed by atoms with E-state index in [4.69, 9.17) is 10.5 Å². The van der Waals surface area contributed by atoms with Crippen LogP contribution in [0.1, 0.15) is 41.6 Å². The maximum absolute atomic E-state index is 12.0. The number of ether oxygens (including phenoxy) is 1. The van der Waals surface area contributed by atoms with Crippen LogP contribution in [0.3, 0.4) is 0 Å². The number of rotatable bonds is 10. The Balaban J connectivity index is 1.59. The minimum atomic E-state index is -0.0942. The molecule has 0 saturated carbocycles. The van der Waals surface area contributed by atoms with Crippen molar-refractivity contribution < 1.29 is 14.3 Å². The van der Waals surface area contributed by atoms with Gasteiger partial charge in [0.1, 0.15) is 11.5 Å². The van der Waals surface area contributed by atoms with Gasteiger partial charge in [-0.05, 0) is 48.7 Å². The number of methoxy groups -OCH3 is 1. The van der Waals surface area contributed by atoms with E-state index < -0.39 is 0 Å². The highest BCUT2D eigenvalue weighted by Gasteiger charge is 2.07. The number of ketones is 1. The molecule has 0 spiro atoms. The number of Topliss-reactive ketones (excluding diaryl/α,β-unsaturated/α-hetero) is 1. The zero-order valence-electron chi connectivity index (χ0n) is 15.2. The van der Waals surface area contributed by atoms with Crippen LogP contribution in [0, 0.1) is 0 Å². The third-order valence-electron chi connectivity index (χ3n) is 4.21. The Kier molecular flexibility index (Phi) is 7.68. The molecule has 5 heteroatoms. The molecular weight excluding hydrogens is 328 g/mol. The highest BCUT2D eigenvalue weighted by atomic mass is 16.5. The molecule has 2 aromatic rings. The summed E-state index contributed by atoms with van der Waals surface area (Å²) in [6.45, 7) is 0.602. The molecule has 0 atom stereocenters. The predicted octanol–water partition coefficient (Wildman–Crippen LogP) is 3.38. The third-order valence-corrected chi connectivity index (χ3v) is 4.21. The standard InChI is InChI=1S/C21H26N2O3/c1-26-19-12-10-16(11-13-19)21(25)23-14-6-2-3-8-18(24)15-17-7-4-5-9-20(17)22/h4-5,7,9-13H,2-3,6,8,14-15,22H2,1H3,(H,23,25). The summed E-state index contributed by atoms with van der Waals surface area (Å²) in [6, 6.07) is 14.5. The van der Waals surface area contributed by atoms with Crippen molar-refractivity contribution in [3.8, 4) is 5.75 Å². The zero-order chi connectivity index (χ0) is 18.8. The lowest BCUT2D eigenvalue weighted by Crippen LogP contribution is -2.24. The van der Waals surface area contributed by atoms with Crippen molar-refractivity contribution in [2.75, 3.05) is 19.4 Å². The molecule has 0 bridgehead atoms. The van der Waals surface area contributed by atoms with E-state index in [0.29, 0.717) is 30.6 Å². The number of nitrogen functional groups attached to an aromatic ring is 1. The number of benzene rings is 2. The Labute approximate surface area is 154 Å². The average molecular weight is 354 g/mol. The SMILES string of the molecule is COc1ccc(C(=O)NCCCCCC(=O)Cc2ccccc2N)cc1. The van der Waals surface area contributed by atoms with Crippen molar-refractivity contribution in [2.24, 2.45) is 0 Å². The molecule has 1 amide bonds. The van der Waals surface area contributed by atoms with Gasteiger partial charge in [0.2, 0.25) is 0 Å². The minimum Gasteiger partial charge on any atom is -0.497 e. The Morgan fingerprint density at radius 3 is 2.42 bits per heavy atom. The van der Waals surface area contributed by atoms with Gasteiger partial charge in [0.05, 0.1) is 7.11 Å². The molecular formula is C21H26N2O3. The second-order valence-corrected chi connectivity index (χ2v) is 6.21. The van der Waals surface area contributed by atoms with Crippen molar-refractivity contribution in [1.29, 1.82) is 0 Å². The monoisotopic (exact) mass is 354 g/mol. The third kappa shape index (κ3) is 6.24. The number of hydrogen-bond acceptors (Lipinski definition) is 4. The highest BCUT2D eigenvalue weighted by Crippen LogP contribution is 2.13. The van der Waals surface area contributed by atoms with Crippen LogP contribution in [0.15, 0.2) is 48.5 Å². The fraction of sp³-hybridized carbons (Fsp3) is 0.333. The van der Waals surface area contributed by atoms with Crippen molar-refractivity contribution in [1.82, 2.24) is 5.32 Å². The van der Waals surface area contributed by atoms with Gasteiger partial charge < -0.3 is 15.8 Å². The topological polar surface area (TPSA) is 81.4 Å². The lowest BCUT2D eigenvalue weighted by Gasteiger charge is -2.07. The number of para-hydroxylation sites is 1. The molecule has 5 nitrogen and oxygen atoms in total. The molecule has 0 saturated heterocycles. The molecule has 0 aromatic heterocycles. The Hall–Kier alpha value is -2.82. The number of anilines is 1. The summed E-state index contributed by atoms with van der Waals surface area (Å²) in [5.41, 5.74) is 8.03. The lowest BCUT2D eigenvalue weighted by atomic mass is 10.0. The van der Waals surface area contributed by atoms with Gasteiger partial charge in [0, 0.05) is 30.6 Å². The quantitative estimate of drug-likeness (QED) is 0.506. The van der Waals surface area contributed by atoms with Crippen molar-refractivity contribution in [2.45, 2.75) is 32.1 Å². The van der Waals surface area contributed by atoms with Crippen LogP contribution >= 0.6 is 0 Å². The van der Waals surface area contributed by atoms with E-state index in [0.717, 1.165) is 30.6 Å². The second-order valence-electron chi connectivity index (χ2n) is 6.21. The normalized spacial score (nSPS) is 10.3. The summed E-state index contributed by atoms with van der Waals surface area (Å²) < 4.78 is 5.07. The largest absolute Gasteiger partial charge is 0.497 e. The maximum Gasteiger partial charge on any atom is 0.251 e. The molecule has 2 aromatic carbocycles. The summed E-state index contributed by atoms with van der Waals surface area (Å²) in [5.74, 6) is 0.830. The number of carbonyl (C=O) groups is 2. The van der Waals surface area contributed by atoms with E-state index >= 15 is 0 Å². The van der Waals surface area contributed by atoms with Crippen LogP contribution in [0.4, 0.5) is 5.69 Å². The minimum absolute atomic E-state index is 0.0942. The number of unbranched alkanes of at least 4 members (excludes halogenated alkanes) is 2. The molecule has 0 aliphatic heterocycles. The van der Waals surface area contributed by atoms with E-state index in [1.54, 1.807) is 31.4 Å². The molecule has 0 heterocycles. The summed E-state index contributed by atoms with van der Waals surface area (Å²) in [4.78, 5) is 24.0. The van der Waals surface area contributed by atoms with E-state index in [9.17, 15) is 9.59 Å². The van der Waals surface area contributed by atoms with E-state index in [1.165, 1.54) is 0 Å². The summed E-state index contributed by atoms with van der Waals surface area (Å²) in [5, 5.41) is 2.89. The van der Waals surface area contributed by atoms with Gasteiger partial charge in [-0.15, -0.1) is 0 Å². The number of hydrogen-bond donors (Lipinski definition) is 2. The zero-order valence-corrected chi connectivity index (χ0v) is 15.2. The fourth-order valence-electron chi connectivity index (χ4n) is 2.67. The first-order valence-electron chi connectivity index (χ1n) is 8.87. The summed E-state index contributed by atoms with van der Waals surface area (Å²) in [7, 11) is 1.59. The molecule has 26 heavy (non-hydrogen) atoms. The van der Waals surface area contributed by atoms with Crippen LogP contribution in [-0.4, -0.2) is 25.3 Å². The first-order chi connectivity index (χ1) is 12.6. The van der Waals surface area contributed by atoms with Crippen LogP contribution in [-0.2, 0) is 11.2 Å². The Bertz CT molecular complexity index is 726. The van der Waals surface area contributed by atoms with Crippen LogP contribution in [0.2, 0.25) is 0 Å². The maximum atomic E-state index is 12.0. The first-order valence-corrected chi connectivity index (χ1v) is 8.87. The molecule has 0 radical (unpaired) electrons. The first kappa shape index (κ1) is 19.5. The molecule has 138 valence electrons. The number of carbonyl (C=O) groups excluding carboxylic acids is 2. The smallest absolute Gasteiger partial charge is 0.251 e. The number of amides is 1. The van der Waals surface area contributed by atoms with Gasteiger partial charge in [-0.2, -0.15) is 0 Å². The highest BCUT2D eigenvalue weighted by molar-refractivity contribution is 5.94. The summed E-state index contributed by atoms with van der Waals surface area (Å²) in [6.07, 6.45) is 3.51. The molecule has 0 aliphatic carbocycles. The van der Waals surface area contributed by atoms with Crippen LogP contribution < -0.4 is 15.8 Å². The molecule has 0 aliphatic rings. The summed E-state index contributed by atoms with van der Waals surface area (Å²) >= 11 is 0. The number of nitrogens with one attached hydrogen (secondary N) is 1. The van der Waals surface area contributed by atoms with Crippen molar-refractivity contribution in [3.63, 3.8) is 0 Å².